The van der Waals surface area contributed by atoms with Crippen molar-refractivity contribution in [3.8, 4) is 0 Å². The number of hydrogen-bond donors (Lipinski definition) is 1. The molecule has 0 radical (unpaired) electrons. The summed E-state index contributed by atoms with van der Waals surface area (Å²) < 4.78 is -0.527. The second-order valence-corrected chi connectivity index (χ2v) is 9.92. The van der Waals surface area contributed by atoms with Crippen molar-refractivity contribution in [1.29, 1.82) is 0 Å². The van der Waals surface area contributed by atoms with Gasteiger partial charge in [0.05, 0.1) is 0 Å². The first-order valence-corrected chi connectivity index (χ1v) is 19.2. The van der Waals surface area contributed by atoms with Crippen molar-refractivity contribution in [2.24, 2.45) is 0 Å². The molecule has 0 fully saturated rings. The molecule has 0 aromatic carbocycles. The average Bonchev–Trinajstić information content (AvgIpc) is 1.38. The molecule has 0 rings (SSSR count). The maximum atomic E-state index is 9.48. The third-order valence-electron chi connectivity index (χ3n) is 0.214. The van der Waals surface area contributed by atoms with E-state index in [1.807, 2.05) is 0 Å². The Labute approximate surface area is 67.5 Å². The molecule has 0 aliphatic heterocycles. The molecule has 0 aliphatic rings. The van der Waals surface area contributed by atoms with Crippen LogP contribution in [0.25, 0.3) is 0 Å². The van der Waals surface area contributed by atoms with E-state index in [9.17, 15) is 4.79 Å². The first-order chi connectivity index (χ1) is 2.27. The van der Waals surface area contributed by atoms with Gasteiger partial charge in [0, 0.05) is 0 Å². The molecular weight excluding hydrogens is 303 g/mol. The average molecular weight is 311 g/mol. The molecule has 0 saturated carbocycles. The molecule has 5 heteroatoms. The van der Waals surface area contributed by atoms with Crippen molar-refractivity contribution in [3.05, 3.63) is 0 Å². The van der Waals surface area contributed by atoms with Gasteiger partial charge in [0.1, 0.15) is 0 Å². The number of hydrogen-bond acceptors (Lipinski definition) is 1. The van der Waals surface area contributed by atoms with E-state index >= 15 is 0 Å². The molecule has 0 bridgehead atoms. The van der Waals surface area contributed by atoms with Crippen molar-refractivity contribution in [1.82, 2.24) is 0 Å². The number of carbonyl (C=O) groups is 1. The summed E-state index contributed by atoms with van der Waals surface area (Å²) >= 11 is 0.0473. The van der Waals surface area contributed by atoms with Crippen LogP contribution in [0.3, 0.4) is 0 Å². The van der Waals surface area contributed by atoms with Crippen LogP contribution in [0, 0.1) is 0 Å². The topological polar surface area (TPSA) is 37.3 Å². The van der Waals surface area contributed by atoms with Crippen LogP contribution < -0.4 is 0 Å². The molecule has 0 amide bonds. The fourth-order valence-corrected chi connectivity index (χ4v) is 0. The Bertz CT molecular complexity index is 48.8. The Morgan fingerprint density at radius 2 is 2.00 bits per heavy atom. The van der Waals surface area contributed by atoms with Crippen LogP contribution in [-0.2, 0) is 0 Å². The SMILES string of the molecule is O=C(O)[AsH][InH2].[GaH3]. The quantitative estimate of drug-likeness (QED) is 0.542. The van der Waals surface area contributed by atoms with E-state index in [1.54, 1.807) is 0 Å². The molecular formula is CH7AsGaInO2. The van der Waals surface area contributed by atoms with Gasteiger partial charge >= 0.3 is 68.2 Å². The van der Waals surface area contributed by atoms with Gasteiger partial charge in [0.15, 0.2) is 0 Å². The molecule has 1 atom stereocenters. The zero-order chi connectivity index (χ0) is 4.28. The molecule has 0 aromatic heterocycles. The summed E-state index contributed by atoms with van der Waals surface area (Å²) in [5, 5.41) is 7.83. The van der Waals surface area contributed by atoms with Crippen LogP contribution in [0.1, 0.15) is 0 Å². The Morgan fingerprint density at radius 3 is 2.00 bits per heavy atom. The van der Waals surface area contributed by atoms with E-state index in [2.05, 4.69) is 0 Å². The van der Waals surface area contributed by atoms with E-state index in [0.717, 1.165) is 0 Å². The Hall–Kier alpha value is 1.53. The molecule has 0 heterocycles. The summed E-state index contributed by atoms with van der Waals surface area (Å²) in [5.41, 5.74) is 0. The molecule has 1 N–H and O–H groups in total. The van der Waals surface area contributed by atoms with Crippen molar-refractivity contribution in [3.63, 3.8) is 0 Å². The number of carboxylic acid groups (broad SMARTS) is 1. The normalized spacial score (nSPS) is 8.00. The molecule has 0 spiro atoms. The summed E-state index contributed by atoms with van der Waals surface area (Å²) in [4.78, 5) is 9.48. The van der Waals surface area contributed by atoms with Crippen LogP contribution in [0.2, 0.25) is 0 Å². The standard InChI is InChI=1S/CH2AsO2.Ga.In.5H/c2-1(3)4;;;;;;;/h2H,(H,3,4);;;;;;;/q-1;;+1;;;;;. The fraction of sp³-hybridized carbons (Fsp3) is 0. The second kappa shape index (κ2) is 6.53. The fourth-order valence-electron chi connectivity index (χ4n) is 0. The zero-order valence-electron chi connectivity index (χ0n) is 2.86. The summed E-state index contributed by atoms with van der Waals surface area (Å²) in [6, 6.07) is 0. The molecule has 0 saturated heterocycles. The molecule has 6 heavy (non-hydrogen) atoms. The van der Waals surface area contributed by atoms with Crippen molar-refractivity contribution >= 4 is 58.3 Å². The summed E-state index contributed by atoms with van der Waals surface area (Å²) in [6.07, 6.45) is 0. The van der Waals surface area contributed by atoms with Crippen molar-refractivity contribution < 1.29 is 9.90 Å². The van der Waals surface area contributed by atoms with Gasteiger partial charge in [-0.05, 0) is 0 Å². The predicted molar refractivity (Wildman–Crippen MR) is 33.7 cm³/mol. The minimum atomic E-state index is -0.527. The van der Waals surface area contributed by atoms with E-state index in [4.69, 9.17) is 5.11 Å². The third kappa shape index (κ3) is 9.11. The van der Waals surface area contributed by atoms with Crippen molar-refractivity contribution in [2.45, 2.75) is 0 Å². The minimum absolute atomic E-state index is 0. The van der Waals surface area contributed by atoms with Gasteiger partial charge in [-0.1, -0.05) is 0 Å². The van der Waals surface area contributed by atoms with E-state index in [-0.39, 0.29) is 19.8 Å². The van der Waals surface area contributed by atoms with E-state index in [0.29, 0.717) is 21.8 Å². The van der Waals surface area contributed by atoms with Gasteiger partial charge in [0.25, 0.3) is 0 Å². The summed E-state index contributed by atoms with van der Waals surface area (Å²) in [5.74, 6) is 0. The summed E-state index contributed by atoms with van der Waals surface area (Å²) in [6.45, 7) is 0. The van der Waals surface area contributed by atoms with Gasteiger partial charge in [-0.3, -0.25) is 0 Å². The Balaban J connectivity index is 0. The van der Waals surface area contributed by atoms with Crippen LogP contribution in [-0.4, -0.2) is 63.4 Å². The van der Waals surface area contributed by atoms with Crippen LogP contribution in [0.4, 0.5) is 4.79 Å². The molecule has 34 valence electrons. The monoisotopic (exact) mass is 310 g/mol. The van der Waals surface area contributed by atoms with Gasteiger partial charge in [-0.25, -0.2) is 0 Å². The molecule has 0 aromatic rings. The first kappa shape index (κ1) is 10.5. The van der Waals surface area contributed by atoms with Gasteiger partial charge in [-0.15, -0.1) is 0 Å². The number of rotatable bonds is 1. The van der Waals surface area contributed by atoms with Gasteiger partial charge in [0.2, 0.25) is 0 Å². The second-order valence-electron chi connectivity index (χ2n) is 0.555. The van der Waals surface area contributed by atoms with E-state index < -0.39 is 16.8 Å². The van der Waals surface area contributed by atoms with Gasteiger partial charge in [-0.2, -0.15) is 0 Å². The zero-order valence-corrected chi connectivity index (χ0v) is 10.7. The van der Waals surface area contributed by atoms with E-state index in [1.165, 1.54) is 0 Å². The molecule has 2 nitrogen and oxygen atoms in total. The Kier molecular flexibility index (Phi) is 11.4. The first-order valence-electron chi connectivity index (χ1n) is 1.18. The van der Waals surface area contributed by atoms with Crippen LogP contribution >= 0.6 is 0 Å². The molecule has 0 aliphatic carbocycles. The summed E-state index contributed by atoms with van der Waals surface area (Å²) in [7, 11) is 0. The molecule has 1 unspecified atom stereocenters. The third-order valence-corrected chi connectivity index (χ3v) is 7.45. The maximum absolute atomic E-state index is 9.48. The van der Waals surface area contributed by atoms with Crippen LogP contribution in [0.15, 0.2) is 0 Å². The Morgan fingerprint density at radius 1 is 1.83 bits per heavy atom. The van der Waals surface area contributed by atoms with Gasteiger partial charge < -0.3 is 0 Å². The van der Waals surface area contributed by atoms with Crippen LogP contribution in [0.5, 0.6) is 0 Å². The predicted octanol–water partition coefficient (Wildman–Crippen LogP) is -2.53. The van der Waals surface area contributed by atoms with Crippen molar-refractivity contribution in [2.75, 3.05) is 0 Å².